The van der Waals surface area contributed by atoms with Crippen molar-refractivity contribution in [1.82, 2.24) is 9.80 Å². The second-order valence-electron chi connectivity index (χ2n) is 6.52. The summed E-state index contributed by atoms with van der Waals surface area (Å²) < 4.78 is 10.4. The number of hydrogen-bond acceptors (Lipinski definition) is 5. The van der Waals surface area contributed by atoms with Crippen molar-refractivity contribution in [2.45, 2.75) is 32.2 Å². The molecule has 0 radical (unpaired) electrons. The molecule has 0 spiro atoms. The van der Waals surface area contributed by atoms with Crippen LogP contribution in [-0.2, 0) is 9.59 Å². The second-order valence-corrected chi connectivity index (χ2v) is 6.52. The van der Waals surface area contributed by atoms with Gasteiger partial charge in [-0.15, -0.1) is 0 Å². The Kier molecular flexibility index (Phi) is 7.04. The molecule has 1 aromatic carbocycles. The van der Waals surface area contributed by atoms with Crippen LogP contribution in [0.4, 0.5) is 0 Å². The smallest absolute Gasteiger partial charge is 0.323 e. The zero-order valence-electron chi connectivity index (χ0n) is 15.9. The van der Waals surface area contributed by atoms with Gasteiger partial charge in [0.15, 0.2) is 0 Å². The fourth-order valence-corrected chi connectivity index (χ4v) is 3.35. The molecule has 1 aliphatic rings. The van der Waals surface area contributed by atoms with Crippen LogP contribution < -0.4 is 9.47 Å². The number of methoxy groups -OCH3 is 2. The molecule has 1 unspecified atom stereocenters. The molecular formula is C19H26N2O6. The Labute approximate surface area is 158 Å². The van der Waals surface area contributed by atoms with Gasteiger partial charge in [-0.1, -0.05) is 0 Å². The number of ether oxygens (including phenoxy) is 2. The van der Waals surface area contributed by atoms with Crippen LogP contribution in [0.15, 0.2) is 18.2 Å². The summed E-state index contributed by atoms with van der Waals surface area (Å²) in [5, 5.41) is 9.04. The summed E-state index contributed by atoms with van der Waals surface area (Å²) in [6.45, 7) is 2.06. The van der Waals surface area contributed by atoms with Crippen molar-refractivity contribution in [3.05, 3.63) is 23.8 Å². The highest BCUT2D eigenvalue weighted by molar-refractivity contribution is 5.95. The van der Waals surface area contributed by atoms with E-state index in [0.717, 1.165) is 0 Å². The van der Waals surface area contributed by atoms with Crippen molar-refractivity contribution in [3.63, 3.8) is 0 Å². The summed E-state index contributed by atoms with van der Waals surface area (Å²) in [5.74, 6) is -0.366. The number of hydrogen-bond donors (Lipinski definition) is 1. The molecule has 1 atom stereocenters. The van der Waals surface area contributed by atoms with E-state index >= 15 is 0 Å². The summed E-state index contributed by atoms with van der Waals surface area (Å²) in [4.78, 5) is 38.9. The van der Waals surface area contributed by atoms with Crippen LogP contribution in [0.1, 0.15) is 36.5 Å². The van der Waals surface area contributed by atoms with Gasteiger partial charge in [0.1, 0.15) is 18.0 Å². The standard InChI is InChI=1S/C19H26N2O6/c1-13(22)21(12-18(23)24)15-5-4-7-20(8-6-15)19(25)14-9-16(26-2)11-17(10-14)27-3/h9-11,15H,4-8,12H2,1-3H3,(H,23,24). The van der Waals surface area contributed by atoms with Gasteiger partial charge in [0.25, 0.3) is 5.91 Å². The maximum atomic E-state index is 12.9. The van der Waals surface area contributed by atoms with Gasteiger partial charge in [0.05, 0.1) is 14.2 Å². The first-order valence-corrected chi connectivity index (χ1v) is 8.87. The van der Waals surface area contributed by atoms with E-state index in [9.17, 15) is 14.4 Å². The molecule has 1 N–H and O–H groups in total. The number of carbonyl (C=O) groups excluding carboxylic acids is 2. The number of aliphatic carboxylic acids is 1. The van der Waals surface area contributed by atoms with Crippen molar-refractivity contribution in [3.8, 4) is 11.5 Å². The van der Waals surface area contributed by atoms with Gasteiger partial charge in [-0.05, 0) is 31.4 Å². The first-order valence-electron chi connectivity index (χ1n) is 8.87. The molecule has 0 bridgehead atoms. The third-order valence-corrected chi connectivity index (χ3v) is 4.73. The van der Waals surface area contributed by atoms with Gasteiger partial charge in [-0.25, -0.2) is 0 Å². The van der Waals surface area contributed by atoms with Crippen LogP contribution in [0.25, 0.3) is 0 Å². The number of amides is 2. The van der Waals surface area contributed by atoms with Crippen LogP contribution in [0.2, 0.25) is 0 Å². The van der Waals surface area contributed by atoms with Gasteiger partial charge in [-0.3, -0.25) is 14.4 Å². The van der Waals surface area contributed by atoms with E-state index in [-0.39, 0.29) is 24.4 Å². The van der Waals surface area contributed by atoms with Crippen LogP contribution in [-0.4, -0.2) is 72.6 Å². The van der Waals surface area contributed by atoms with Crippen molar-refractivity contribution < 1.29 is 29.0 Å². The molecule has 2 amide bonds. The van der Waals surface area contributed by atoms with Crippen molar-refractivity contribution in [2.24, 2.45) is 0 Å². The minimum absolute atomic E-state index is 0.138. The Balaban J connectivity index is 2.12. The topological polar surface area (TPSA) is 96.4 Å². The van der Waals surface area contributed by atoms with Crippen molar-refractivity contribution >= 4 is 17.8 Å². The summed E-state index contributed by atoms with van der Waals surface area (Å²) in [6.07, 6.45) is 1.90. The molecule has 0 aromatic heterocycles. The van der Waals surface area contributed by atoms with Crippen LogP contribution in [0.3, 0.4) is 0 Å². The second kappa shape index (κ2) is 9.25. The van der Waals surface area contributed by atoms with Crippen LogP contribution >= 0.6 is 0 Å². The zero-order valence-corrected chi connectivity index (χ0v) is 15.9. The molecule has 0 saturated carbocycles. The highest BCUT2D eigenvalue weighted by Crippen LogP contribution is 2.25. The predicted molar refractivity (Wildman–Crippen MR) is 98.1 cm³/mol. The molecule has 27 heavy (non-hydrogen) atoms. The fraction of sp³-hybridized carbons (Fsp3) is 0.526. The Bertz CT molecular complexity index is 683. The van der Waals surface area contributed by atoms with Gasteiger partial charge >= 0.3 is 5.97 Å². The van der Waals surface area contributed by atoms with Crippen molar-refractivity contribution in [2.75, 3.05) is 33.9 Å². The van der Waals surface area contributed by atoms with E-state index in [0.29, 0.717) is 49.4 Å². The monoisotopic (exact) mass is 378 g/mol. The third kappa shape index (κ3) is 5.35. The van der Waals surface area contributed by atoms with E-state index in [4.69, 9.17) is 14.6 Å². The predicted octanol–water partition coefficient (Wildman–Crippen LogP) is 1.63. The minimum Gasteiger partial charge on any atom is -0.497 e. The maximum Gasteiger partial charge on any atom is 0.323 e. The largest absolute Gasteiger partial charge is 0.497 e. The first kappa shape index (κ1) is 20.5. The number of rotatable bonds is 6. The molecule has 8 nitrogen and oxygen atoms in total. The van der Waals surface area contributed by atoms with E-state index in [1.54, 1.807) is 23.1 Å². The molecular weight excluding hydrogens is 352 g/mol. The van der Waals surface area contributed by atoms with Gasteiger partial charge in [-0.2, -0.15) is 0 Å². The number of nitrogens with zero attached hydrogens (tertiary/aromatic N) is 2. The average Bonchev–Trinajstić information content (AvgIpc) is 2.90. The van der Waals surface area contributed by atoms with E-state index in [2.05, 4.69) is 0 Å². The number of carboxylic acid groups (broad SMARTS) is 1. The molecule has 148 valence electrons. The Hall–Kier alpha value is -2.77. The normalized spacial score (nSPS) is 17.0. The SMILES string of the molecule is COc1cc(OC)cc(C(=O)N2CCCC(N(CC(=O)O)C(C)=O)CC2)c1. The first-order chi connectivity index (χ1) is 12.8. The van der Waals surface area contributed by atoms with E-state index in [1.165, 1.54) is 26.0 Å². The van der Waals surface area contributed by atoms with Gasteiger partial charge < -0.3 is 24.4 Å². The van der Waals surface area contributed by atoms with Crippen LogP contribution in [0.5, 0.6) is 11.5 Å². The molecule has 1 heterocycles. The van der Waals surface area contributed by atoms with Gasteiger partial charge in [0, 0.05) is 37.7 Å². The van der Waals surface area contributed by atoms with Gasteiger partial charge in [0.2, 0.25) is 5.91 Å². The lowest BCUT2D eigenvalue weighted by Crippen LogP contribution is -2.43. The molecule has 8 heteroatoms. The molecule has 1 fully saturated rings. The Morgan fingerprint density at radius 1 is 1.11 bits per heavy atom. The Morgan fingerprint density at radius 3 is 2.26 bits per heavy atom. The summed E-state index contributed by atoms with van der Waals surface area (Å²) >= 11 is 0. The third-order valence-electron chi connectivity index (χ3n) is 4.73. The lowest BCUT2D eigenvalue weighted by Gasteiger charge is -2.29. The summed E-state index contributed by atoms with van der Waals surface area (Å²) in [6, 6.07) is 4.85. The fourth-order valence-electron chi connectivity index (χ4n) is 3.35. The summed E-state index contributed by atoms with van der Waals surface area (Å²) in [7, 11) is 3.05. The van der Waals surface area contributed by atoms with E-state index in [1.807, 2.05) is 0 Å². The zero-order chi connectivity index (χ0) is 20.0. The van der Waals surface area contributed by atoms with Crippen LogP contribution in [0, 0.1) is 0 Å². The molecule has 1 aromatic rings. The minimum atomic E-state index is -1.04. The quantitative estimate of drug-likeness (QED) is 0.808. The van der Waals surface area contributed by atoms with Crippen molar-refractivity contribution in [1.29, 1.82) is 0 Å². The molecule has 1 saturated heterocycles. The molecule has 0 aliphatic carbocycles. The average molecular weight is 378 g/mol. The lowest BCUT2D eigenvalue weighted by molar-refractivity contribution is -0.145. The van der Waals surface area contributed by atoms with E-state index < -0.39 is 5.97 Å². The maximum absolute atomic E-state index is 12.9. The molecule has 2 rings (SSSR count). The number of carbonyl (C=O) groups is 3. The number of likely N-dealkylation sites (tertiary alicyclic amines) is 1. The highest BCUT2D eigenvalue weighted by Gasteiger charge is 2.28. The number of carboxylic acids is 1. The highest BCUT2D eigenvalue weighted by atomic mass is 16.5. The molecule has 1 aliphatic heterocycles. The lowest BCUT2D eigenvalue weighted by atomic mass is 10.1. The summed E-state index contributed by atoms with van der Waals surface area (Å²) in [5.41, 5.74) is 0.471. The number of benzene rings is 1. The Morgan fingerprint density at radius 2 is 1.74 bits per heavy atom.